The van der Waals surface area contributed by atoms with Gasteiger partial charge in [0.05, 0.1) is 18.9 Å². The second-order valence-electron chi connectivity index (χ2n) is 10.9. The lowest BCUT2D eigenvalue weighted by atomic mass is 9.99. The summed E-state index contributed by atoms with van der Waals surface area (Å²) in [5.41, 5.74) is 5.67. The molecule has 5 aromatic carbocycles. The minimum absolute atomic E-state index is 0.242. The van der Waals surface area contributed by atoms with Crippen molar-refractivity contribution in [3.8, 4) is 34.1 Å². The molecule has 1 amide bonds. The highest BCUT2D eigenvalue weighted by atomic mass is 16.5. The van der Waals surface area contributed by atoms with Crippen LogP contribution in [0.15, 0.2) is 115 Å². The number of hydrogen-bond acceptors (Lipinski definition) is 7. The zero-order valence-corrected chi connectivity index (χ0v) is 25.5. The number of aryl methyl sites for hydroxylation is 1. The average Bonchev–Trinajstić information content (AvgIpc) is 3.09. The van der Waals surface area contributed by atoms with Gasteiger partial charge in [-0.05, 0) is 84.3 Å². The second-order valence-corrected chi connectivity index (χ2v) is 10.9. The summed E-state index contributed by atoms with van der Waals surface area (Å²) in [4.78, 5) is 27.1. The number of ether oxygens (including phenoxy) is 4. The van der Waals surface area contributed by atoms with Gasteiger partial charge in [-0.3, -0.25) is 9.59 Å². The van der Waals surface area contributed by atoms with Gasteiger partial charge in [0.1, 0.15) is 23.9 Å². The molecule has 8 heteroatoms. The molecule has 0 aliphatic carbocycles. The molecule has 0 radical (unpaired) electrons. The van der Waals surface area contributed by atoms with Crippen LogP contribution >= 0.6 is 0 Å². The van der Waals surface area contributed by atoms with E-state index in [1.807, 2.05) is 91.9 Å². The third kappa shape index (κ3) is 7.54. The number of nitrogens with one attached hydrogen (secondary N) is 1. The van der Waals surface area contributed by atoms with E-state index in [-0.39, 0.29) is 11.7 Å². The Kier molecular flexibility index (Phi) is 9.56. The van der Waals surface area contributed by atoms with Crippen molar-refractivity contribution >= 4 is 23.8 Å². The van der Waals surface area contributed by atoms with E-state index in [1.54, 1.807) is 30.3 Å². The Morgan fingerprint density at radius 1 is 0.826 bits per heavy atom. The first-order valence-corrected chi connectivity index (χ1v) is 15.1. The van der Waals surface area contributed by atoms with Gasteiger partial charge in [0, 0.05) is 29.9 Å². The Bertz CT molecular complexity index is 1780. The third-order valence-corrected chi connectivity index (χ3v) is 7.63. The third-order valence-electron chi connectivity index (χ3n) is 7.63. The summed E-state index contributed by atoms with van der Waals surface area (Å²) in [6, 6.07) is 36.0. The molecular weight excluding hydrogens is 580 g/mol. The molecule has 1 aliphatic rings. The second kappa shape index (κ2) is 14.5. The molecule has 6 rings (SSSR count). The summed E-state index contributed by atoms with van der Waals surface area (Å²) in [5.74, 6) is 2.03. The number of amides is 1. The first kappa shape index (κ1) is 30.4. The zero-order chi connectivity index (χ0) is 31.7. The highest BCUT2D eigenvalue weighted by Gasteiger charge is 2.21. The highest BCUT2D eigenvalue weighted by Crippen LogP contribution is 2.40. The molecule has 8 nitrogen and oxygen atoms in total. The zero-order valence-electron chi connectivity index (χ0n) is 25.5. The summed E-state index contributed by atoms with van der Waals surface area (Å²) in [6.07, 6.45) is 0. The van der Waals surface area contributed by atoms with Crippen LogP contribution < -0.4 is 24.4 Å². The van der Waals surface area contributed by atoms with Crippen molar-refractivity contribution in [2.45, 2.75) is 13.5 Å². The number of benzene rings is 5. The number of rotatable bonds is 11. The maximum Gasteiger partial charge on any atom is 0.298 e. The number of hydrogen-bond donors (Lipinski definition) is 1. The number of morpholine rings is 1. The van der Waals surface area contributed by atoms with Crippen LogP contribution in [0.4, 0.5) is 11.4 Å². The van der Waals surface area contributed by atoms with E-state index in [0.717, 1.165) is 33.7 Å². The van der Waals surface area contributed by atoms with Crippen LogP contribution in [0.1, 0.15) is 21.5 Å². The summed E-state index contributed by atoms with van der Waals surface area (Å²) >= 11 is 0. The van der Waals surface area contributed by atoms with Crippen LogP contribution in [0.25, 0.3) is 11.1 Å². The standard InChI is InChI=1S/C38H34N2O6/c1-27-6-5-9-33(22-27)44-25-28-10-12-29(13-11-28)34-23-37(45-26-41)35(24-36(34)40-18-20-43-21-19-40)39-38(42)30-14-16-32(17-15-30)46-31-7-3-2-4-8-31/h2-17,22-24,26H,18-21,25H2,1H3,(H,39,42). The fourth-order valence-corrected chi connectivity index (χ4v) is 5.26. The van der Waals surface area contributed by atoms with Crippen LogP contribution in [0.5, 0.6) is 23.0 Å². The minimum Gasteiger partial charge on any atom is -0.489 e. The lowest BCUT2D eigenvalue weighted by Gasteiger charge is -2.31. The molecule has 0 bridgehead atoms. The average molecular weight is 615 g/mol. The van der Waals surface area contributed by atoms with Gasteiger partial charge in [0.25, 0.3) is 12.4 Å². The molecule has 0 unspecified atom stereocenters. The Hall–Kier alpha value is -5.60. The summed E-state index contributed by atoms with van der Waals surface area (Å²) < 4.78 is 22.9. The Morgan fingerprint density at radius 3 is 2.26 bits per heavy atom. The van der Waals surface area contributed by atoms with Crippen LogP contribution in [0.3, 0.4) is 0 Å². The van der Waals surface area contributed by atoms with Crippen LogP contribution in [-0.2, 0) is 16.1 Å². The molecule has 0 atom stereocenters. The minimum atomic E-state index is -0.347. The van der Waals surface area contributed by atoms with E-state index in [2.05, 4.69) is 10.2 Å². The molecular formula is C38H34N2O6. The fourth-order valence-electron chi connectivity index (χ4n) is 5.26. The topological polar surface area (TPSA) is 86.3 Å². The van der Waals surface area contributed by atoms with Crippen molar-refractivity contribution in [1.82, 2.24) is 0 Å². The molecule has 46 heavy (non-hydrogen) atoms. The van der Waals surface area contributed by atoms with Crippen molar-refractivity contribution in [2.75, 3.05) is 36.5 Å². The van der Waals surface area contributed by atoms with Gasteiger partial charge in [-0.15, -0.1) is 0 Å². The van der Waals surface area contributed by atoms with Gasteiger partial charge in [-0.25, -0.2) is 0 Å². The Morgan fingerprint density at radius 2 is 1.54 bits per heavy atom. The summed E-state index contributed by atoms with van der Waals surface area (Å²) in [7, 11) is 0. The number of carbonyl (C=O) groups excluding carboxylic acids is 2. The smallest absolute Gasteiger partial charge is 0.298 e. The molecule has 5 aromatic rings. The lowest BCUT2D eigenvalue weighted by Crippen LogP contribution is -2.36. The van der Waals surface area contributed by atoms with Gasteiger partial charge >= 0.3 is 0 Å². The molecule has 1 aliphatic heterocycles. The first-order valence-electron chi connectivity index (χ1n) is 15.1. The molecule has 0 spiro atoms. The van der Waals surface area contributed by atoms with Crippen molar-refractivity contribution in [1.29, 1.82) is 0 Å². The molecule has 0 saturated carbocycles. The fraction of sp³-hybridized carbons (Fsp3) is 0.158. The van der Waals surface area contributed by atoms with Crippen molar-refractivity contribution in [2.24, 2.45) is 0 Å². The van der Waals surface area contributed by atoms with Crippen LogP contribution in [0.2, 0.25) is 0 Å². The van der Waals surface area contributed by atoms with Gasteiger partial charge in [0.2, 0.25) is 0 Å². The first-order chi connectivity index (χ1) is 22.6. The van der Waals surface area contributed by atoms with E-state index in [0.29, 0.717) is 62.1 Å². The van der Waals surface area contributed by atoms with Crippen molar-refractivity contribution in [3.63, 3.8) is 0 Å². The largest absolute Gasteiger partial charge is 0.489 e. The number of carbonyl (C=O) groups is 2. The summed E-state index contributed by atoms with van der Waals surface area (Å²) in [6.45, 7) is 5.36. The lowest BCUT2D eigenvalue weighted by molar-refractivity contribution is -0.120. The summed E-state index contributed by atoms with van der Waals surface area (Å²) in [5, 5.41) is 2.95. The molecule has 1 saturated heterocycles. The number of anilines is 2. The van der Waals surface area contributed by atoms with E-state index in [4.69, 9.17) is 18.9 Å². The van der Waals surface area contributed by atoms with Gasteiger partial charge in [-0.2, -0.15) is 0 Å². The quantitative estimate of drug-likeness (QED) is 0.153. The van der Waals surface area contributed by atoms with Crippen LogP contribution in [-0.4, -0.2) is 38.7 Å². The molecule has 1 fully saturated rings. The van der Waals surface area contributed by atoms with Gasteiger partial charge in [-0.1, -0.05) is 54.6 Å². The van der Waals surface area contributed by atoms with Gasteiger partial charge in [0.15, 0.2) is 5.75 Å². The van der Waals surface area contributed by atoms with Crippen LogP contribution in [0, 0.1) is 6.92 Å². The monoisotopic (exact) mass is 614 g/mol. The van der Waals surface area contributed by atoms with Crippen molar-refractivity contribution in [3.05, 3.63) is 132 Å². The Balaban J connectivity index is 1.25. The van der Waals surface area contributed by atoms with Crippen molar-refractivity contribution < 1.29 is 28.5 Å². The molecule has 0 aromatic heterocycles. The van der Waals surface area contributed by atoms with E-state index < -0.39 is 0 Å². The predicted molar refractivity (Wildman–Crippen MR) is 178 cm³/mol. The normalized spacial score (nSPS) is 12.7. The van der Waals surface area contributed by atoms with E-state index >= 15 is 0 Å². The van der Waals surface area contributed by atoms with Gasteiger partial charge < -0.3 is 29.2 Å². The molecule has 1 N–H and O–H groups in total. The maximum absolute atomic E-state index is 13.4. The highest BCUT2D eigenvalue weighted by molar-refractivity contribution is 6.06. The molecule has 232 valence electrons. The number of nitrogens with zero attached hydrogens (tertiary/aromatic N) is 1. The Labute approximate surface area is 268 Å². The molecule has 1 heterocycles. The number of para-hydroxylation sites is 1. The SMILES string of the molecule is Cc1cccc(OCc2ccc(-c3cc(OC=O)c(NC(=O)c4ccc(Oc5ccccc5)cc4)cc3N3CCOCC3)cc2)c1. The maximum atomic E-state index is 13.4. The predicted octanol–water partition coefficient (Wildman–Crippen LogP) is 7.66. The van der Waals surface area contributed by atoms with E-state index in [1.165, 1.54) is 0 Å². The van der Waals surface area contributed by atoms with E-state index in [9.17, 15) is 9.59 Å².